The first kappa shape index (κ1) is 17.5. The Hall–Kier alpha value is -1.51. The molecule has 0 fully saturated rings. The Morgan fingerprint density at radius 1 is 1.38 bits per heavy atom. The summed E-state index contributed by atoms with van der Waals surface area (Å²) in [4.78, 5) is 17.2. The van der Waals surface area contributed by atoms with E-state index in [0.29, 0.717) is 5.13 Å². The number of nitrogens with two attached hydrogens (primary N) is 1. The number of alkyl halides is 3. The minimum absolute atomic E-state index is 0.0237. The molecule has 0 saturated heterocycles. The van der Waals surface area contributed by atoms with Crippen LogP contribution in [0, 0.1) is 0 Å². The second-order valence-electron chi connectivity index (χ2n) is 5.70. The van der Waals surface area contributed by atoms with Gasteiger partial charge in [-0.15, -0.1) is 0 Å². The van der Waals surface area contributed by atoms with Gasteiger partial charge in [0.05, 0.1) is 6.42 Å². The van der Waals surface area contributed by atoms with Gasteiger partial charge in [0.2, 0.25) is 0 Å². The van der Waals surface area contributed by atoms with Gasteiger partial charge < -0.3 is 16.0 Å². The molecule has 1 aromatic heterocycles. The van der Waals surface area contributed by atoms with Crippen molar-refractivity contribution >= 4 is 28.2 Å². The maximum Gasteiger partial charge on any atom is 0.390 e. The average Bonchev–Trinajstić information content (AvgIpc) is 2.62. The number of amides is 1. The highest BCUT2D eigenvalue weighted by Gasteiger charge is 2.29. The van der Waals surface area contributed by atoms with Crippen molar-refractivity contribution in [2.45, 2.75) is 38.9 Å². The normalized spacial score (nSPS) is 12.3. The molecule has 0 atom stereocenters. The summed E-state index contributed by atoms with van der Waals surface area (Å²) in [7, 11) is 1.31. The molecule has 1 amide bonds. The molecule has 9 heteroatoms. The van der Waals surface area contributed by atoms with E-state index in [0.717, 1.165) is 16.2 Å². The third-order valence-corrected chi connectivity index (χ3v) is 3.38. The molecule has 21 heavy (non-hydrogen) atoms. The van der Waals surface area contributed by atoms with Gasteiger partial charge in [0.15, 0.2) is 5.13 Å². The lowest BCUT2D eigenvalue weighted by Crippen LogP contribution is -2.30. The topological polar surface area (TPSA) is 71.2 Å². The van der Waals surface area contributed by atoms with Crippen molar-refractivity contribution in [2.75, 3.05) is 24.6 Å². The number of aromatic nitrogens is 1. The Kier molecular flexibility index (Phi) is 5.08. The molecule has 5 nitrogen and oxygen atoms in total. The van der Waals surface area contributed by atoms with Gasteiger partial charge in [-0.1, -0.05) is 11.3 Å². The number of hydrogen-bond acceptors (Lipinski definition) is 5. The van der Waals surface area contributed by atoms with E-state index >= 15 is 0 Å². The minimum Gasteiger partial charge on any atom is -0.382 e. The third-order valence-electron chi connectivity index (χ3n) is 2.41. The smallest absolute Gasteiger partial charge is 0.382 e. The Morgan fingerprint density at radius 3 is 2.43 bits per heavy atom. The SMILES string of the molecule is CN(CCC(F)(F)F)C(=O)c1sc(NC(C)(C)C)nc1N. The predicted octanol–water partition coefficient (Wildman–Crippen LogP) is 2.96. The monoisotopic (exact) mass is 324 g/mol. The molecular formula is C12H19F3N4OS. The molecule has 0 unspecified atom stereocenters. The summed E-state index contributed by atoms with van der Waals surface area (Å²) in [6.45, 7) is 5.34. The van der Waals surface area contributed by atoms with Gasteiger partial charge in [-0.05, 0) is 20.8 Å². The lowest BCUT2D eigenvalue weighted by Gasteiger charge is -2.19. The van der Waals surface area contributed by atoms with Crippen LogP contribution in [-0.2, 0) is 0 Å². The van der Waals surface area contributed by atoms with E-state index in [1.165, 1.54) is 7.05 Å². The van der Waals surface area contributed by atoms with Crippen LogP contribution in [0.4, 0.5) is 24.1 Å². The van der Waals surface area contributed by atoms with Gasteiger partial charge in [0.25, 0.3) is 5.91 Å². The van der Waals surface area contributed by atoms with E-state index < -0.39 is 25.0 Å². The average molecular weight is 324 g/mol. The third kappa shape index (κ3) is 5.78. The zero-order chi connectivity index (χ0) is 16.4. The van der Waals surface area contributed by atoms with E-state index in [-0.39, 0.29) is 16.2 Å². The molecule has 0 bridgehead atoms. The number of thiazole rings is 1. The highest BCUT2D eigenvalue weighted by Crippen LogP contribution is 2.28. The highest BCUT2D eigenvalue weighted by molar-refractivity contribution is 7.18. The standard InChI is InChI=1S/C12H19F3N4OS/c1-11(2,3)18-10-17-8(16)7(21-10)9(20)19(4)6-5-12(13,14)15/h5-6,16H2,1-4H3,(H,17,18). The minimum atomic E-state index is -4.30. The maximum atomic E-state index is 12.2. The zero-order valence-electron chi connectivity index (χ0n) is 12.3. The second kappa shape index (κ2) is 6.08. The van der Waals surface area contributed by atoms with Crippen molar-refractivity contribution in [2.24, 2.45) is 0 Å². The number of halogens is 3. The van der Waals surface area contributed by atoms with Crippen LogP contribution in [0.15, 0.2) is 0 Å². The number of anilines is 2. The van der Waals surface area contributed by atoms with Crippen molar-refractivity contribution in [3.8, 4) is 0 Å². The number of carbonyl (C=O) groups is 1. The van der Waals surface area contributed by atoms with Crippen LogP contribution in [0.3, 0.4) is 0 Å². The Balaban J connectivity index is 2.78. The van der Waals surface area contributed by atoms with Gasteiger partial charge in [-0.3, -0.25) is 4.79 Å². The number of nitrogen functional groups attached to an aromatic ring is 1. The molecule has 1 heterocycles. The van der Waals surface area contributed by atoms with E-state index in [9.17, 15) is 18.0 Å². The number of rotatable bonds is 4. The summed E-state index contributed by atoms with van der Waals surface area (Å²) in [6.07, 6.45) is -5.35. The molecule has 1 rings (SSSR count). The molecule has 3 N–H and O–H groups in total. The first-order valence-corrected chi connectivity index (χ1v) is 7.07. The molecule has 120 valence electrons. The number of hydrogen-bond donors (Lipinski definition) is 2. The van der Waals surface area contributed by atoms with Crippen molar-refractivity contribution in [1.82, 2.24) is 9.88 Å². The van der Waals surface area contributed by atoms with Gasteiger partial charge >= 0.3 is 6.18 Å². The molecule has 0 aliphatic carbocycles. The van der Waals surface area contributed by atoms with E-state index in [2.05, 4.69) is 10.3 Å². The summed E-state index contributed by atoms with van der Waals surface area (Å²) in [5.41, 5.74) is 5.41. The van der Waals surface area contributed by atoms with Gasteiger partial charge in [0, 0.05) is 19.1 Å². The summed E-state index contributed by atoms with van der Waals surface area (Å²) in [5.74, 6) is -0.535. The molecule has 1 aromatic rings. The Bertz CT molecular complexity index is 508. The van der Waals surface area contributed by atoms with E-state index in [1.54, 1.807) is 0 Å². The number of nitrogens with zero attached hydrogens (tertiary/aromatic N) is 2. The van der Waals surface area contributed by atoms with Crippen molar-refractivity contribution < 1.29 is 18.0 Å². The largest absolute Gasteiger partial charge is 0.390 e. The van der Waals surface area contributed by atoms with Crippen LogP contribution in [0.1, 0.15) is 36.9 Å². The van der Waals surface area contributed by atoms with Crippen LogP contribution in [0.2, 0.25) is 0 Å². The fourth-order valence-electron chi connectivity index (χ4n) is 1.43. The Morgan fingerprint density at radius 2 is 1.95 bits per heavy atom. The Labute approximate surface area is 125 Å². The number of carbonyl (C=O) groups excluding carboxylic acids is 1. The zero-order valence-corrected chi connectivity index (χ0v) is 13.2. The predicted molar refractivity (Wildman–Crippen MR) is 77.5 cm³/mol. The molecule has 0 aliphatic rings. The summed E-state index contributed by atoms with van der Waals surface area (Å²) < 4.78 is 36.5. The van der Waals surface area contributed by atoms with Gasteiger partial charge in [0.1, 0.15) is 10.7 Å². The van der Waals surface area contributed by atoms with E-state index in [4.69, 9.17) is 5.73 Å². The van der Waals surface area contributed by atoms with E-state index in [1.807, 2.05) is 20.8 Å². The van der Waals surface area contributed by atoms with Crippen LogP contribution in [-0.4, -0.2) is 41.1 Å². The van der Waals surface area contributed by atoms with Crippen molar-refractivity contribution in [1.29, 1.82) is 0 Å². The highest BCUT2D eigenvalue weighted by atomic mass is 32.1. The summed E-state index contributed by atoms with van der Waals surface area (Å²) >= 11 is 1.04. The summed E-state index contributed by atoms with van der Waals surface area (Å²) in [6, 6.07) is 0. The fourth-order valence-corrected chi connectivity index (χ4v) is 2.52. The van der Waals surface area contributed by atoms with Crippen LogP contribution >= 0.6 is 11.3 Å². The van der Waals surface area contributed by atoms with Crippen molar-refractivity contribution in [3.05, 3.63) is 4.88 Å². The first-order valence-electron chi connectivity index (χ1n) is 6.26. The van der Waals surface area contributed by atoms with Crippen molar-refractivity contribution in [3.63, 3.8) is 0 Å². The molecule has 0 spiro atoms. The molecule has 0 saturated carbocycles. The molecular weight excluding hydrogens is 305 g/mol. The molecule has 0 aliphatic heterocycles. The summed E-state index contributed by atoms with van der Waals surface area (Å²) in [5, 5.41) is 3.53. The van der Waals surface area contributed by atoms with Crippen LogP contribution in [0.25, 0.3) is 0 Å². The second-order valence-corrected chi connectivity index (χ2v) is 6.70. The quantitative estimate of drug-likeness (QED) is 0.893. The van der Waals surface area contributed by atoms with Crippen LogP contribution in [0.5, 0.6) is 0 Å². The fraction of sp³-hybridized carbons (Fsp3) is 0.667. The maximum absolute atomic E-state index is 12.2. The molecule has 0 radical (unpaired) electrons. The van der Waals surface area contributed by atoms with Gasteiger partial charge in [-0.2, -0.15) is 13.2 Å². The van der Waals surface area contributed by atoms with Gasteiger partial charge in [-0.25, -0.2) is 4.98 Å². The molecule has 0 aromatic carbocycles. The van der Waals surface area contributed by atoms with Crippen LogP contribution < -0.4 is 11.1 Å². The lowest BCUT2D eigenvalue weighted by molar-refractivity contribution is -0.136. The number of nitrogens with one attached hydrogen (secondary N) is 1. The lowest BCUT2D eigenvalue weighted by atomic mass is 10.1. The first-order chi connectivity index (χ1) is 9.39.